The lowest BCUT2D eigenvalue weighted by Gasteiger charge is -2.06. The second-order valence-electron chi connectivity index (χ2n) is 3.66. The molecule has 0 saturated carbocycles. The van der Waals surface area contributed by atoms with Gasteiger partial charge in [0.1, 0.15) is 11.6 Å². The number of halogens is 3. The summed E-state index contributed by atoms with van der Waals surface area (Å²) in [5, 5.41) is 0. The highest BCUT2D eigenvalue weighted by Gasteiger charge is 2.12. The average molecular weight is 331 g/mol. The molecule has 0 saturated heterocycles. The summed E-state index contributed by atoms with van der Waals surface area (Å²) in [7, 11) is -1.49. The monoisotopic (exact) mass is 330 g/mol. The van der Waals surface area contributed by atoms with Crippen LogP contribution >= 0.6 is 15.9 Å². The Hall–Kier alpha value is -1.07. The Morgan fingerprint density at radius 1 is 1.11 bits per heavy atom. The smallest absolute Gasteiger partial charge is 0.139 e. The van der Waals surface area contributed by atoms with Gasteiger partial charge in [0.05, 0.1) is 21.4 Å². The van der Waals surface area contributed by atoms with Gasteiger partial charge in [0.25, 0.3) is 0 Å². The van der Waals surface area contributed by atoms with E-state index in [-0.39, 0.29) is 16.5 Å². The molecule has 5 heteroatoms. The molecular formula is C13H9BrF2OS. The molecule has 2 aromatic carbocycles. The molecule has 0 spiro atoms. The Kier molecular flexibility index (Phi) is 4.24. The molecular weight excluding hydrogens is 322 g/mol. The normalized spacial score (nSPS) is 12.4. The largest absolute Gasteiger partial charge is 0.254 e. The van der Waals surface area contributed by atoms with Crippen LogP contribution in [0.2, 0.25) is 0 Å². The minimum Gasteiger partial charge on any atom is -0.254 e. The zero-order chi connectivity index (χ0) is 13.1. The molecule has 1 nitrogen and oxygen atoms in total. The molecule has 0 heterocycles. The van der Waals surface area contributed by atoms with Crippen LogP contribution in [-0.4, -0.2) is 4.21 Å². The summed E-state index contributed by atoms with van der Waals surface area (Å²) in [6.07, 6.45) is 0. The number of benzene rings is 2. The Morgan fingerprint density at radius 3 is 2.50 bits per heavy atom. The molecule has 0 N–H and O–H groups in total. The zero-order valence-corrected chi connectivity index (χ0v) is 11.6. The first-order valence-corrected chi connectivity index (χ1v) is 7.26. The van der Waals surface area contributed by atoms with Gasteiger partial charge in [-0.05, 0) is 29.8 Å². The maximum atomic E-state index is 13.4. The Bertz CT molecular complexity index is 601. The van der Waals surface area contributed by atoms with Gasteiger partial charge in [0.2, 0.25) is 0 Å². The van der Waals surface area contributed by atoms with Crippen LogP contribution in [0.15, 0.2) is 51.8 Å². The standard InChI is InChI=1S/C13H9BrF2OS/c14-11-7-10(15)6-5-9(11)8-18(17)13-4-2-1-3-12(13)16/h1-7H,8H2. The summed E-state index contributed by atoms with van der Waals surface area (Å²) in [4.78, 5) is 0.161. The van der Waals surface area contributed by atoms with Crippen molar-refractivity contribution in [3.63, 3.8) is 0 Å². The van der Waals surface area contributed by atoms with E-state index in [4.69, 9.17) is 0 Å². The van der Waals surface area contributed by atoms with E-state index in [2.05, 4.69) is 15.9 Å². The Morgan fingerprint density at radius 2 is 1.83 bits per heavy atom. The number of rotatable bonds is 3. The van der Waals surface area contributed by atoms with Crippen molar-refractivity contribution in [2.45, 2.75) is 10.6 Å². The Balaban J connectivity index is 2.24. The fraction of sp³-hybridized carbons (Fsp3) is 0.0769. The van der Waals surface area contributed by atoms with Crippen molar-refractivity contribution in [2.75, 3.05) is 0 Å². The van der Waals surface area contributed by atoms with Crippen molar-refractivity contribution in [2.24, 2.45) is 0 Å². The molecule has 0 aliphatic rings. The van der Waals surface area contributed by atoms with Crippen LogP contribution in [0, 0.1) is 11.6 Å². The second kappa shape index (κ2) is 5.71. The zero-order valence-electron chi connectivity index (χ0n) is 9.20. The van der Waals surface area contributed by atoms with Gasteiger partial charge >= 0.3 is 0 Å². The highest BCUT2D eigenvalue weighted by molar-refractivity contribution is 9.10. The third kappa shape index (κ3) is 3.03. The summed E-state index contributed by atoms with van der Waals surface area (Å²) in [6, 6.07) is 10.1. The van der Waals surface area contributed by atoms with Crippen LogP contribution in [0.5, 0.6) is 0 Å². The van der Waals surface area contributed by atoms with Gasteiger partial charge < -0.3 is 0 Å². The van der Waals surface area contributed by atoms with E-state index in [0.717, 1.165) is 0 Å². The van der Waals surface area contributed by atoms with E-state index >= 15 is 0 Å². The van der Waals surface area contributed by atoms with Gasteiger partial charge in [0, 0.05) is 4.47 Å². The molecule has 0 aliphatic heterocycles. The molecule has 94 valence electrons. The second-order valence-corrected chi connectivity index (χ2v) is 5.93. The quantitative estimate of drug-likeness (QED) is 0.830. The van der Waals surface area contributed by atoms with E-state index < -0.39 is 16.6 Å². The van der Waals surface area contributed by atoms with Crippen molar-refractivity contribution in [3.8, 4) is 0 Å². The van der Waals surface area contributed by atoms with E-state index in [9.17, 15) is 13.0 Å². The van der Waals surface area contributed by atoms with E-state index in [0.29, 0.717) is 10.0 Å². The summed E-state index contributed by atoms with van der Waals surface area (Å²) < 4.78 is 38.9. The Labute approximate surface area is 114 Å². The van der Waals surface area contributed by atoms with Gasteiger partial charge in [-0.1, -0.05) is 34.1 Å². The maximum absolute atomic E-state index is 13.4. The minimum absolute atomic E-state index is 0.141. The van der Waals surface area contributed by atoms with E-state index in [1.165, 1.54) is 30.3 Å². The van der Waals surface area contributed by atoms with Crippen molar-refractivity contribution >= 4 is 26.7 Å². The van der Waals surface area contributed by atoms with Crippen LogP contribution in [0.3, 0.4) is 0 Å². The molecule has 0 aromatic heterocycles. The number of hydrogen-bond donors (Lipinski definition) is 0. The van der Waals surface area contributed by atoms with Gasteiger partial charge in [-0.15, -0.1) is 0 Å². The van der Waals surface area contributed by atoms with Crippen LogP contribution in [0.25, 0.3) is 0 Å². The third-order valence-electron chi connectivity index (χ3n) is 2.38. The van der Waals surface area contributed by atoms with E-state index in [1.807, 2.05) is 0 Å². The third-order valence-corrected chi connectivity index (χ3v) is 4.52. The van der Waals surface area contributed by atoms with E-state index in [1.54, 1.807) is 12.1 Å². The maximum Gasteiger partial charge on any atom is 0.139 e. The molecule has 1 unspecified atom stereocenters. The molecule has 0 aliphatic carbocycles. The van der Waals surface area contributed by atoms with Crippen LogP contribution < -0.4 is 0 Å². The SMILES string of the molecule is O=S(Cc1ccc(F)cc1Br)c1ccccc1F. The molecule has 2 rings (SSSR count). The molecule has 1 atom stereocenters. The average Bonchev–Trinajstić information content (AvgIpc) is 2.33. The van der Waals surface area contributed by atoms with Crippen LogP contribution in [-0.2, 0) is 16.6 Å². The summed E-state index contributed by atoms with van der Waals surface area (Å²) in [5.41, 5.74) is 0.679. The highest BCUT2D eigenvalue weighted by atomic mass is 79.9. The highest BCUT2D eigenvalue weighted by Crippen LogP contribution is 2.22. The lowest BCUT2D eigenvalue weighted by Crippen LogP contribution is -2.00. The van der Waals surface area contributed by atoms with Crippen molar-refractivity contribution in [1.29, 1.82) is 0 Å². The molecule has 0 amide bonds. The summed E-state index contributed by atoms with van der Waals surface area (Å²) in [5.74, 6) is -0.724. The van der Waals surface area contributed by atoms with Gasteiger partial charge in [-0.25, -0.2) is 8.78 Å². The van der Waals surface area contributed by atoms with Gasteiger partial charge in [0.15, 0.2) is 0 Å². The van der Waals surface area contributed by atoms with Crippen molar-refractivity contribution in [1.82, 2.24) is 0 Å². The minimum atomic E-state index is -1.49. The summed E-state index contributed by atoms with van der Waals surface area (Å²) in [6.45, 7) is 0. The predicted octanol–water partition coefficient (Wildman–Crippen LogP) is 4.04. The van der Waals surface area contributed by atoms with Crippen molar-refractivity contribution < 1.29 is 13.0 Å². The molecule has 0 radical (unpaired) electrons. The lowest BCUT2D eigenvalue weighted by atomic mass is 10.2. The molecule has 0 bridgehead atoms. The first kappa shape index (κ1) is 13.4. The van der Waals surface area contributed by atoms with Crippen LogP contribution in [0.1, 0.15) is 5.56 Å². The first-order valence-electron chi connectivity index (χ1n) is 5.15. The fourth-order valence-corrected chi connectivity index (χ4v) is 3.37. The van der Waals surface area contributed by atoms with Gasteiger partial charge in [-0.3, -0.25) is 4.21 Å². The van der Waals surface area contributed by atoms with Crippen LogP contribution in [0.4, 0.5) is 8.78 Å². The topological polar surface area (TPSA) is 17.1 Å². The molecule has 0 fully saturated rings. The van der Waals surface area contributed by atoms with Gasteiger partial charge in [-0.2, -0.15) is 0 Å². The predicted molar refractivity (Wildman–Crippen MR) is 70.6 cm³/mol. The molecule has 2 aromatic rings. The lowest BCUT2D eigenvalue weighted by molar-refractivity contribution is 0.595. The van der Waals surface area contributed by atoms with Crippen molar-refractivity contribution in [3.05, 3.63) is 64.1 Å². The fourth-order valence-electron chi connectivity index (χ4n) is 1.49. The first-order chi connectivity index (χ1) is 8.58. The molecule has 18 heavy (non-hydrogen) atoms. The summed E-state index contributed by atoms with van der Waals surface area (Å²) >= 11 is 3.20. The number of hydrogen-bond acceptors (Lipinski definition) is 1.